The molecule has 2 unspecified atom stereocenters. The van der Waals surface area contributed by atoms with Crippen LogP contribution in [-0.2, 0) is 6.18 Å². The van der Waals surface area contributed by atoms with Crippen LogP contribution in [0, 0.1) is 11.8 Å². The minimum Gasteiger partial charge on any atom is -0.337 e. The van der Waals surface area contributed by atoms with Crippen molar-refractivity contribution in [2.45, 2.75) is 44.3 Å². The molecule has 3 saturated heterocycles. The Balaban J connectivity index is 1.53. The Morgan fingerprint density at radius 1 is 1.04 bits per heavy atom. The van der Waals surface area contributed by atoms with Crippen molar-refractivity contribution in [1.29, 1.82) is 0 Å². The third kappa shape index (κ3) is 3.48. The van der Waals surface area contributed by atoms with Crippen LogP contribution in [0.5, 0.6) is 0 Å². The number of rotatable bonds is 3. The van der Waals surface area contributed by atoms with Crippen LogP contribution in [0.15, 0.2) is 24.3 Å². The van der Waals surface area contributed by atoms with E-state index in [2.05, 4.69) is 4.90 Å². The van der Waals surface area contributed by atoms with Crippen molar-refractivity contribution in [2.24, 2.45) is 11.8 Å². The third-order valence-corrected chi connectivity index (χ3v) is 6.29. The van der Waals surface area contributed by atoms with Gasteiger partial charge in [0.2, 0.25) is 0 Å². The number of nitrogens with zero attached hydrogens (tertiary/aromatic N) is 2. The number of piperidine rings is 1. The normalized spacial score (nSPS) is 27.3. The molecule has 3 aliphatic heterocycles. The first kappa shape index (κ1) is 17.8. The zero-order valence-corrected chi connectivity index (χ0v) is 14.8. The molecular weight excluding hydrogens is 341 g/mol. The van der Waals surface area contributed by atoms with Crippen LogP contribution in [0.2, 0.25) is 0 Å². The Bertz CT molecular complexity index is 671. The molecule has 0 N–H and O–H groups in total. The second-order valence-corrected chi connectivity index (χ2v) is 8.10. The molecular formula is C20H25F3N2O. The lowest BCUT2D eigenvalue weighted by Crippen LogP contribution is -2.47. The van der Waals surface area contributed by atoms with Crippen molar-refractivity contribution in [3.05, 3.63) is 35.4 Å². The fraction of sp³-hybridized carbons (Fsp3) is 0.650. The van der Waals surface area contributed by atoms with E-state index < -0.39 is 17.6 Å². The molecule has 0 spiro atoms. The van der Waals surface area contributed by atoms with E-state index in [1.165, 1.54) is 37.5 Å². The molecule has 4 fully saturated rings. The Morgan fingerprint density at radius 3 is 2.50 bits per heavy atom. The van der Waals surface area contributed by atoms with Gasteiger partial charge in [0, 0.05) is 32.2 Å². The number of amides is 1. The summed E-state index contributed by atoms with van der Waals surface area (Å²) >= 11 is 0. The Morgan fingerprint density at radius 2 is 1.81 bits per heavy atom. The summed E-state index contributed by atoms with van der Waals surface area (Å²) in [6.07, 6.45) is 1.49. The highest BCUT2D eigenvalue weighted by Crippen LogP contribution is 2.35. The zero-order valence-electron chi connectivity index (χ0n) is 14.8. The van der Waals surface area contributed by atoms with Crippen molar-refractivity contribution < 1.29 is 18.0 Å². The highest BCUT2D eigenvalue weighted by Gasteiger charge is 2.40. The molecule has 1 aliphatic carbocycles. The minimum atomic E-state index is -4.51. The van der Waals surface area contributed by atoms with Crippen LogP contribution in [0.25, 0.3) is 0 Å². The first-order valence-corrected chi connectivity index (χ1v) is 9.61. The van der Waals surface area contributed by atoms with E-state index in [0.29, 0.717) is 19.0 Å². The van der Waals surface area contributed by atoms with Gasteiger partial charge in [-0.25, -0.2) is 0 Å². The number of carbonyl (C=O) groups excluding carboxylic acids is 1. The molecule has 0 aromatic heterocycles. The first-order chi connectivity index (χ1) is 12.4. The molecule has 0 radical (unpaired) electrons. The van der Waals surface area contributed by atoms with Crippen LogP contribution in [-0.4, -0.2) is 47.9 Å². The highest BCUT2D eigenvalue weighted by atomic mass is 19.4. The molecule has 2 atom stereocenters. The van der Waals surface area contributed by atoms with Gasteiger partial charge < -0.3 is 4.90 Å². The number of halogens is 3. The quantitative estimate of drug-likeness (QED) is 0.806. The molecule has 1 saturated carbocycles. The van der Waals surface area contributed by atoms with Gasteiger partial charge in [-0.3, -0.25) is 9.69 Å². The maximum absolute atomic E-state index is 13.3. The predicted molar refractivity (Wildman–Crippen MR) is 92.8 cm³/mol. The average molecular weight is 366 g/mol. The maximum atomic E-state index is 13.3. The molecule has 4 aliphatic rings. The van der Waals surface area contributed by atoms with Gasteiger partial charge in [0.05, 0.1) is 11.1 Å². The Kier molecular flexibility index (Phi) is 4.71. The van der Waals surface area contributed by atoms with E-state index in [1.54, 1.807) is 4.90 Å². The Labute approximate surface area is 152 Å². The molecule has 3 nitrogen and oxygen atoms in total. The van der Waals surface area contributed by atoms with E-state index in [4.69, 9.17) is 0 Å². The number of hydrogen-bond donors (Lipinski definition) is 0. The molecule has 5 rings (SSSR count). The van der Waals surface area contributed by atoms with Gasteiger partial charge in [0.1, 0.15) is 0 Å². The van der Waals surface area contributed by atoms with Gasteiger partial charge in [0.15, 0.2) is 0 Å². The van der Waals surface area contributed by atoms with Gasteiger partial charge in [-0.05, 0) is 49.7 Å². The summed E-state index contributed by atoms with van der Waals surface area (Å²) in [6, 6.07) is 5.45. The number of alkyl halides is 3. The average Bonchev–Trinajstić information content (AvgIpc) is 2.88. The Hall–Kier alpha value is -1.56. The number of benzene rings is 1. The molecule has 1 aromatic carbocycles. The molecule has 142 valence electrons. The lowest BCUT2D eigenvalue weighted by Gasteiger charge is -2.40. The van der Waals surface area contributed by atoms with Crippen molar-refractivity contribution >= 4 is 5.91 Å². The third-order valence-electron chi connectivity index (χ3n) is 6.29. The molecule has 1 amide bonds. The van der Waals surface area contributed by atoms with Gasteiger partial charge >= 0.3 is 6.18 Å². The fourth-order valence-corrected chi connectivity index (χ4v) is 4.66. The lowest BCUT2D eigenvalue weighted by molar-refractivity contribution is -0.138. The largest absolute Gasteiger partial charge is 0.417 e. The van der Waals surface area contributed by atoms with Gasteiger partial charge in [-0.15, -0.1) is 0 Å². The molecule has 3 heterocycles. The summed E-state index contributed by atoms with van der Waals surface area (Å²) in [4.78, 5) is 17.1. The monoisotopic (exact) mass is 366 g/mol. The van der Waals surface area contributed by atoms with Crippen molar-refractivity contribution in [1.82, 2.24) is 9.80 Å². The van der Waals surface area contributed by atoms with E-state index in [1.807, 2.05) is 0 Å². The molecule has 1 aromatic rings. The van der Waals surface area contributed by atoms with Crippen molar-refractivity contribution in [3.8, 4) is 0 Å². The maximum Gasteiger partial charge on any atom is 0.417 e. The predicted octanol–water partition coefficient (Wildman–Crippen LogP) is 4.04. The molecule has 2 bridgehead atoms. The number of carbonyl (C=O) groups is 1. The summed E-state index contributed by atoms with van der Waals surface area (Å²) in [6.45, 7) is 3.19. The standard InChI is InChI=1S/C20H25F3N2O/c21-20(22,23)18-7-2-1-6-17(18)19(26)25-12-15-8-9-16(13-25)24(11-15)10-14-4-3-5-14/h1-2,6-7,14-16H,3-5,8-13H2. The first-order valence-electron chi connectivity index (χ1n) is 9.61. The SMILES string of the molecule is O=C(c1ccccc1C(F)(F)F)N1CC2CCC(C1)N(CC1CCC1)C2. The summed E-state index contributed by atoms with van der Waals surface area (Å²) < 4.78 is 39.9. The van der Waals surface area contributed by atoms with Gasteiger partial charge in [-0.2, -0.15) is 13.2 Å². The topological polar surface area (TPSA) is 23.6 Å². The van der Waals surface area contributed by atoms with Crippen LogP contribution in [0.4, 0.5) is 13.2 Å². The van der Waals surface area contributed by atoms with E-state index in [9.17, 15) is 18.0 Å². The minimum absolute atomic E-state index is 0.216. The number of fused-ring (bicyclic) bond motifs is 4. The zero-order chi connectivity index (χ0) is 18.3. The summed E-state index contributed by atoms with van der Waals surface area (Å²) in [7, 11) is 0. The van der Waals surface area contributed by atoms with Gasteiger partial charge in [0.25, 0.3) is 5.91 Å². The summed E-state index contributed by atoms with van der Waals surface area (Å²) in [5.41, 5.74) is -1.04. The van der Waals surface area contributed by atoms with Crippen LogP contribution >= 0.6 is 0 Å². The summed E-state index contributed by atoms with van der Waals surface area (Å²) in [5, 5.41) is 0. The molecule has 6 heteroatoms. The summed E-state index contributed by atoms with van der Waals surface area (Å²) in [5.74, 6) is 0.667. The van der Waals surface area contributed by atoms with E-state index in [0.717, 1.165) is 37.9 Å². The van der Waals surface area contributed by atoms with E-state index >= 15 is 0 Å². The van der Waals surface area contributed by atoms with Gasteiger partial charge in [-0.1, -0.05) is 18.6 Å². The smallest absolute Gasteiger partial charge is 0.337 e. The van der Waals surface area contributed by atoms with Crippen LogP contribution in [0.1, 0.15) is 48.0 Å². The highest BCUT2D eigenvalue weighted by molar-refractivity contribution is 5.96. The fourth-order valence-electron chi connectivity index (χ4n) is 4.66. The lowest BCUT2D eigenvalue weighted by atomic mass is 9.83. The van der Waals surface area contributed by atoms with E-state index in [-0.39, 0.29) is 11.6 Å². The second kappa shape index (κ2) is 6.87. The number of hydrogen-bond acceptors (Lipinski definition) is 2. The van der Waals surface area contributed by atoms with Crippen LogP contribution < -0.4 is 0 Å². The molecule has 26 heavy (non-hydrogen) atoms. The van der Waals surface area contributed by atoms with Crippen molar-refractivity contribution in [2.75, 3.05) is 26.2 Å². The van der Waals surface area contributed by atoms with Crippen LogP contribution in [0.3, 0.4) is 0 Å². The second-order valence-electron chi connectivity index (χ2n) is 8.10. The van der Waals surface area contributed by atoms with Crippen molar-refractivity contribution in [3.63, 3.8) is 0 Å².